The first-order valence-electron chi connectivity index (χ1n) is 19.7. The van der Waals surface area contributed by atoms with Crippen molar-refractivity contribution in [2.45, 2.75) is 181 Å². The van der Waals surface area contributed by atoms with E-state index in [1.807, 2.05) is 12.2 Å². The maximum Gasteiger partial charge on any atom is 0.306 e. The molecule has 0 unspecified atom stereocenters. The summed E-state index contributed by atoms with van der Waals surface area (Å²) in [6, 6.07) is 0. The molecular formula is C40H76N2O4. The largest absolute Gasteiger partial charge is 0.461 e. The second kappa shape index (κ2) is 37.8. The van der Waals surface area contributed by atoms with Gasteiger partial charge < -0.3 is 20.1 Å². The van der Waals surface area contributed by atoms with Gasteiger partial charge in [0.05, 0.1) is 0 Å². The van der Waals surface area contributed by atoms with Crippen LogP contribution in [0.3, 0.4) is 0 Å². The van der Waals surface area contributed by atoms with Gasteiger partial charge in [0.1, 0.15) is 13.2 Å². The standard InChI is InChI=1S/C40H76N2O4/c1-3-5-7-9-11-21-29-37-45-39(43)31-23-15-13-18-26-34-42(36-28-20-17-25-33-41)35-27-19-14-16-24-32-40(44)46-38-30-22-12-10-8-6-4-2/h21-22,29-30H,3-20,23-28,31-38,41H2,1-2H3/b29-21-,30-22-. The molecule has 0 heterocycles. The number of nitrogens with two attached hydrogens (primary N) is 1. The highest BCUT2D eigenvalue weighted by Gasteiger charge is 2.07. The Bertz CT molecular complexity index is 657. The van der Waals surface area contributed by atoms with E-state index in [2.05, 4.69) is 30.9 Å². The number of hydrogen-bond donors (Lipinski definition) is 1. The molecule has 0 aliphatic heterocycles. The van der Waals surface area contributed by atoms with Crippen molar-refractivity contribution in [2.24, 2.45) is 5.73 Å². The molecule has 6 heteroatoms. The monoisotopic (exact) mass is 649 g/mol. The van der Waals surface area contributed by atoms with Gasteiger partial charge in [-0.15, -0.1) is 0 Å². The highest BCUT2D eigenvalue weighted by Crippen LogP contribution is 2.12. The lowest BCUT2D eigenvalue weighted by molar-refractivity contribution is -0.143. The average molecular weight is 649 g/mol. The number of rotatable bonds is 36. The van der Waals surface area contributed by atoms with Crippen LogP contribution in [0.25, 0.3) is 0 Å². The fraction of sp³-hybridized carbons (Fsp3) is 0.850. The first-order valence-corrected chi connectivity index (χ1v) is 19.7. The van der Waals surface area contributed by atoms with Gasteiger partial charge in [-0.2, -0.15) is 0 Å². The number of nitrogens with zero attached hydrogens (tertiary/aromatic N) is 1. The van der Waals surface area contributed by atoms with E-state index >= 15 is 0 Å². The van der Waals surface area contributed by atoms with Crippen molar-refractivity contribution in [2.75, 3.05) is 39.4 Å². The summed E-state index contributed by atoms with van der Waals surface area (Å²) in [5.74, 6) is -0.125. The van der Waals surface area contributed by atoms with E-state index in [1.165, 1.54) is 129 Å². The van der Waals surface area contributed by atoms with Crippen molar-refractivity contribution < 1.29 is 19.1 Å². The minimum atomic E-state index is -0.0624. The summed E-state index contributed by atoms with van der Waals surface area (Å²) in [6.07, 6.45) is 37.9. The van der Waals surface area contributed by atoms with Gasteiger partial charge in [-0.3, -0.25) is 9.59 Å². The first-order chi connectivity index (χ1) is 22.6. The molecule has 2 N–H and O–H groups in total. The maximum absolute atomic E-state index is 12.0. The van der Waals surface area contributed by atoms with E-state index in [0.717, 1.165) is 51.5 Å². The number of hydrogen-bond acceptors (Lipinski definition) is 6. The summed E-state index contributed by atoms with van der Waals surface area (Å²) in [5, 5.41) is 0. The van der Waals surface area contributed by atoms with E-state index in [-0.39, 0.29) is 11.9 Å². The molecule has 0 radical (unpaired) electrons. The van der Waals surface area contributed by atoms with Crippen LogP contribution in [0.15, 0.2) is 24.3 Å². The Labute approximate surface area is 285 Å². The smallest absolute Gasteiger partial charge is 0.306 e. The molecule has 46 heavy (non-hydrogen) atoms. The van der Waals surface area contributed by atoms with Gasteiger partial charge >= 0.3 is 11.9 Å². The molecule has 0 fully saturated rings. The topological polar surface area (TPSA) is 81.9 Å². The molecule has 0 rings (SSSR count). The van der Waals surface area contributed by atoms with Crippen LogP contribution < -0.4 is 5.73 Å². The maximum atomic E-state index is 12.0. The second-order valence-electron chi connectivity index (χ2n) is 13.1. The Hall–Kier alpha value is -1.66. The summed E-state index contributed by atoms with van der Waals surface area (Å²) in [4.78, 5) is 26.6. The molecule has 6 nitrogen and oxygen atoms in total. The average Bonchev–Trinajstić information content (AvgIpc) is 3.05. The predicted octanol–water partition coefficient (Wildman–Crippen LogP) is 10.6. The molecule has 0 aromatic carbocycles. The van der Waals surface area contributed by atoms with E-state index in [0.29, 0.717) is 26.1 Å². The van der Waals surface area contributed by atoms with Crippen LogP contribution in [-0.2, 0) is 19.1 Å². The highest BCUT2D eigenvalue weighted by atomic mass is 16.5. The molecule has 270 valence electrons. The van der Waals surface area contributed by atoms with Crippen molar-refractivity contribution in [1.82, 2.24) is 4.90 Å². The Morgan fingerprint density at radius 2 is 0.848 bits per heavy atom. The summed E-state index contributed by atoms with van der Waals surface area (Å²) < 4.78 is 10.7. The number of ether oxygens (including phenoxy) is 2. The number of esters is 2. The third-order valence-corrected chi connectivity index (χ3v) is 8.60. The van der Waals surface area contributed by atoms with Gasteiger partial charge in [0.2, 0.25) is 0 Å². The van der Waals surface area contributed by atoms with Crippen LogP contribution in [0.5, 0.6) is 0 Å². The van der Waals surface area contributed by atoms with Crippen LogP contribution in [-0.4, -0.2) is 56.2 Å². The Morgan fingerprint density at radius 1 is 0.478 bits per heavy atom. The highest BCUT2D eigenvalue weighted by molar-refractivity contribution is 5.69. The molecular weight excluding hydrogens is 572 g/mol. The summed E-state index contributed by atoms with van der Waals surface area (Å²) in [5.41, 5.74) is 5.67. The van der Waals surface area contributed by atoms with Crippen molar-refractivity contribution in [3.8, 4) is 0 Å². The summed E-state index contributed by atoms with van der Waals surface area (Å²) >= 11 is 0. The van der Waals surface area contributed by atoms with E-state index in [1.54, 1.807) is 0 Å². The molecule has 0 saturated heterocycles. The van der Waals surface area contributed by atoms with Crippen molar-refractivity contribution >= 4 is 11.9 Å². The molecule has 0 atom stereocenters. The molecule has 0 aliphatic rings. The fourth-order valence-electron chi connectivity index (χ4n) is 5.62. The minimum absolute atomic E-state index is 0.0624. The molecule has 0 spiro atoms. The normalized spacial score (nSPS) is 11.7. The van der Waals surface area contributed by atoms with E-state index < -0.39 is 0 Å². The van der Waals surface area contributed by atoms with E-state index in [4.69, 9.17) is 15.2 Å². The predicted molar refractivity (Wildman–Crippen MR) is 197 cm³/mol. The number of unbranched alkanes of at least 4 members (excludes halogenated alkanes) is 19. The van der Waals surface area contributed by atoms with Crippen molar-refractivity contribution in [3.63, 3.8) is 0 Å². The van der Waals surface area contributed by atoms with Crippen LogP contribution >= 0.6 is 0 Å². The van der Waals surface area contributed by atoms with Crippen LogP contribution in [0.4, 0.5) is 0 Å². The summed E-state index contributed by atoms with van der Waals surface area (Å²) in [6.45, 7) is 9.61. The van der Waals surface area contributed by atoms with Crippen molar-refractivity contribution in [1.29, 1.82) is 0 Å². The quantitative estimate of drug-likeness (QED) is 0.0413. The zero-order chi connectivity index (χ0) is 33.6. The van der Waals surface area contributed by atoms with E-state index in [9.17, 15) is 9.59 Å². The van der Waals surface area contributed by atoms with Gasteiger partial charge in [0, 0.05) is 12.8 Å². The second-order valence-corrected chi connectivity index (χ2v) is 13.1. The lowest BCUT2D eigenvalue weighted by Crippen LogP contribution is -2.27. The molecule has 0 aliphatic carbocycles. The lowest BCUT2D eigenvalue weighted by Gasteiger charge is -2.22. The third-order valence-electron chi connectivity index (χ3n) is 8.60. The van der Waals surface area contributed by atoms with Crippen molar-refractivity contribution in [3.05, 3.63) is 24.3 Å². The third kappa shape index (κ3) is 35.2. The van der Waals surface area contributed by atoms with Crippen LogP contribution in [0.2, 0.25) is 0 Å². The van der Waals surface area contributed by atoms with Gasteiger partial charge in [0.15, 0.2) is 0 Å². The zero-order valence-corrected chi connectivity index (χ0v) is 30.6. The lowest BCUT2D eigenvalue weighted by atomic mass is 10.1. The van der Waals surface area contributed by atoms with Gasteiger partial charge in [-0.1, -0.05) is 128 Å². The molecule has 0 bridgehead atoms. The number of carbonyl (C=O) groups excluding carboxylic acids is 2. The minimum Gasteiger partial charge on any atom is -0.461 e. The number of allylic oxidation sites excluding steroid dienone is 2. The first kappa shape index (κ1) is 44.3. The SMILES string of the molecule is CCCCCC/C=C\COC(=O)CCCCCCCN(CCCCCCN)CCCCCCCC(=O)OC/C=C\CCCCCC. The van der Waals surface area contributed by atoms with Crippen LogP contribution in [0, 0.1) is 0 Å². The Kier molecular flexibility index (Phi) is 36.4. The fourth-order valence-corrected chi connectivity index (χ4v) is 5.62. The molecule has 0 aromatic heterocycles. The molecule has 0 amide bonds. The Morgan fingerprint density at radius 3 is 1.26 bits per heavy atom. The molecule has 0 aromatic rings. The zero-order valence-electron chi connectivity index (χ0n) is 30.6. The van der Waals surface area contributed by atoms with Gasteiger partial charge in [-0.05, 0) is 90.4 Å². The van der Waals surface area contributed by atoms with Gasteiger partial charge in [0.25, 0.3) is 0 Å². The van der Waals surface area contributed by atoms with Crippen LogP contribution in [0.1, 0.15) is 181 Å². The number of carbonyl (C=O) groups is 2. The summed E-state index contributed by atoms with van der Waals surface area (Å²) in [7, 11) is 0. The van der Waals surface area contributed by atoms with Gasteiger partial charge in [-0.25, -0.2) is 0 Å². The molecule has 0 saturated carbocycles. The Balaban J connectivity index is 3.92.